The van der Waals surface area contributed by atoms with E-state index in [1.807, 2.05) is 11.5 Å². The second kappa shape index (κ2) is 7.63. The zero-order valence-corrected chi connectivity index (χ0v) is 17.1. The van der Waals surface area contributed by atoms with Gasteiger partial charge in [-0.3, -0.25) is 4.68 Å². The van der Waals surface area contributed by atoms with E-state index >= 15 is 0 Å². The largest absolute Gasteiger partial charge is 0.434 e. The Hall–Kier alpha value is -3.95. The Morgan fingerprint density at radius 1 is 1.09 bits per heavy atom. The van der Waals surface area contributed by atoms with E-state index < -0.39 is 12.4 Å². The van der Waals surface area contributed by atoms with Crippen molar-refractivity contribution in [3.8, 4) is 28.0 Å². The number of rotatable bonds is 5. The molecule has 0 aliphatic rings. The number of fused-ring (bicyclic) bond motifs is 2. The Balaban J connectivity index is 1.72. The van der Waals surface area contributed by atoms with Crippen LogP contribution >= 0.6 is 0 Å². The first-order valence-corrected chi connectivity index (χ1v) is 9.83. The first-order chi connectivity index (χ1) is 15.4. The molecule has 3 heterocycles. The van der Waals surface area contributed by atoms with Crippen LogP contribution in [0.3, 0.4) is 0 Å². The van der Waals surface area contributed by atoms with Crippen molar-refractivity contribution in [2.24, 2.45) is 7.05 Å². The minimum Gasteiger partial charge on any atom is -0.434 e. The van der Waals surface area contributed by atoms with Gasteiger partial charge >= 0.3 is 6.61 Å². The van der Waals surface area contributed by atoms with E-state index in [1.54, 1.807) is 48.6 Å². The van der Waals surface area contributed by atoms with Crippen molar-refractivity contribution < 1.29 is 17.9 Å². The Bertz CT molecular complexity index is 1460. The monoisotopic (exact) mass is 438 g/mol. The van der Waals surface area contributed by atoms with E-state index in [0.29, 0.717) is 39.7 Å². The molecule has 0 unspecified atom stereocenters. The fourth-order valence-corrected chi connectivity index (χ4v) is 3.79. The summed E-state index contributed by atoms with van der Waals surface area (Å²) in [6.07, 6.45) is 4.94. The van der Waals surface area contributed by atoms with E-state index in [-0.39, 0.29) is 16.9 Å². The van der Waals surface area contributed by atoms with Gasteiger partial charge in [0.2, 0.25) is 0 Å². The minimum absolute atomic E-state index is 0.115. The summed E-state index contributed by atoms with van der Waals surface area (Å²) in [5.41, 5.74) is 3.28. The van der Waals surface area contributed by atoms with Gasteiger partial charge in [-0.25, -0.2) is 9.37 Å². The van der Waals surface area contributed by atoms with Crippen LogP contribution in [0.15, 0.2) is 49.1 Å². The average Bonchev–Trinajstić information content (AvgIpc) is 3.35. The molecule has 0 aliphatic heterocycles. The molecule has 0 radical (unpaired) electrons. The smallest absolute Gasteiger partial charge is 0.387 e. The zero-order valence-electron chi connectivity index (χ0n) is 17.1. The van der Waals surface area contributed by atoms with Crippen molar-refractivity contribution in [2.45, 2.75) is 20.1 Å². The molecule has 32 heavy (non-hydrogen) atoms. The highest BCUT2D eigenvalue weighted by molar-refractivity contribution is 5.92. The highest BCUT2D eigenvalue weighted by Gasteiger charge is 2.19. The van der Waals surface area contributed by atoms with Crippen LogP contribution in [-0.2, 0) is 13.6 Å². The number of hydrogen-bond donors (Lipinski definition) is 0. The number of nitrogens with zero attached hydrogens (tertiary/aromatic N) is 6. The summed E-state index contributed by atoms with van der Waals surface area (Å²) in [6.45, 7) is -0.434. The third kappa shape index (κ3) is 3.33. The van der Waals surface area contributed by atoms with Gasteiger partial charge in [-0.05, 0) is 30.7 Å². The molecule has 0 atom stereocenters. The van der Waals surface area contributed by atoms with Crippen molar-refractivity contribution in [1.82, 2.24) is 29.5 Å². The number of imidazole rings is 1. The molecule has 0 spiro atoms. The SMILES string of the molecule is CCn1cnc2c(-c3ccc(F)c(-c4cc5cn(C)nc5cc4OC(F)F)c3)cnnc21. The molecule has 5 aromatic rings. The van der Waals surface area contributed by atoms with Gasteiger partial charge in [-0.1, -0.05) is 6.07 Å². The van der Waals surface area contributed by atoms with Crippen molar-refractivity contribution in [3.05, 3.63) is 54.9 Å². The lowest BCUT2D eigenvalue weighted by Gasteiger charge is -2.13. The van der Waals surface area contributed by atoms with Crippen LogP contribution in [0.2, 0.25) is 0 Å². The summed E-state index contributed by atoms with van der Waals surface area (Å²) >= 11 is 0. The lowest BCUT2D eigenvalue weighted by atomic mass is 9.97. The zero-order chi connectivity index (χ0) is 22.4. The lowest BCUT2D eigenvalue weighted by Crippen LogP contribution is -2.04. The van der Waals surface area contributed by atoms with Gasteiger partial charge in [0.05, 0.1) is 18.0 Å². The van der Waals surface area contributed by atoms with E-state index in [2.05, 4.69) is 20.3 Å². The van der Waals surface area contributed by atoms with E-state index in [4.69, 9.17) is 4.74 Å². The standard InChI is InChI=1S/C22H17F3N6O/c1-3-31-11-26-20-16(9-27-28-21(20)31)12-4-5-17(23)14(6-12)15-7-13-10-30(2)29-18(13)8-19(15)32-22(24)25/h4-11,22H,3H2,1-2H3. The maximum atomic E-state index is 15.0. The number of aromatic nitrogens is 6. The van der Waals surface area contributed by atoms with Crippen LogP contribution in [0.1, 0.15) is 6.92 Å². The van der Waals surface area contributed by atoms with Crippen LogP contribution in [0, 0.1) is 5.82 Å². The molecule has 5 rings (SSSR count). The third-order valence-corrected chi connectivity index (χ3v) is 5.25. The third-order valence-electron chi connectivity index (χ3n) is 5.25. The number of halogens is 3. The summed E-state index contributed by atoms with van der Waals surface area (Å²) in [5.74, 6) is -0.732. The number of hydrogen-bond acceptors (Lipinski definition) is 5. The molecule has 162 valence electrons. The molecule has 0 amide bonds. The lowest BCUT2D eigenvalue weighted by molar-refractivity contribution is -0.0493. The van der Waals surface area contributed by atoms with Gasteiger partial charge < -0.3 is 9.30 Å². The molecule has 0 saturated carbocycles. The van der Waals surface area contributed by atoms with E-state index in [0.717, 1.165) is 0 Å². The molecule has 0 aliphatic carbocycles. The topological polar surface area (TPSA) is 70.7 Å². The molecule has 0 bridgehead atoms. The van der Waals surface area contributed by atoms with Crippen LogP contribution < -0.4 is 4.74 Å². The van der Waals surface area contributed by atoms with Gasteiger partial charge in [0.1, 0.15) is 17.1 Å². The molecule has 3 aromatic heterocycles. The molecule has 2 aromatic carbocycles. The van der Waals surface area contributed by atoms with Crippen LogP contribution in [0.4, 0.5) is 13.2 Å². The maximum absolute atomic E-state index is 15.0. The first kappa shape index (κ1) is 20.0. The highest BCUT2D eigenvalue weighted by Crippen LogP contribution is 2.38. The van der Waals surface area contributed by atoms with Crippen molar-refractivity contribution >= 4 is 22.1 Å². The van der Waals surface area contributed by atoms with E-state index in [1.165, 1.54) is 12.1 Å². The second-order valence-corrected chi connectivity index (χ2v) is 7.24. The van der Waals surface area contributed by atoms with Gasteiger partial charge in [-0.2, -0.15) is 19.0 Å². The predicted octanol–water partition coefficient (Wildman–Crippen LogP) is 4.81. The van der Waals surface area contributed by atoms with Gasteiger partial charge in [0.25, 0.3) is 0 Å². The summed E-state index contributed by atoms with van der Waals surface area (Å²) < 4.78 is 49.3. The minimum atomic E-state index is -3.07. The Labute approximate surface area is 180 Å². The molecule has 0 saturated heterocycles. The highest BCUT2D eigenvalue weighted by atomic mass is 19.3. The Morgan fingerprint density at radius 3 is 2.72 bits per heavy atom. The number of alkyl halides is 2. The fraction of sp³-hybridized carbons (Fsp3) is 0.182. The summed E-state index contributed by atoms with van der Waals surface area (Å²) in [5, 5.41) is 13.1. The van der Waals surface area contributed by atoms with Gasteiger partial charge in [0.15, 0.2) is 5.65 Å². The summed E-state index contributed by atoms with van der Waals surface area (Å²) in [7, 11) is 1.71. The molecule has 0 fully saturated rings. The van der Waals surface area contributed by atoms with Crippen LogP contribution in [0.5, 0.6) is 5.75 Å². The summed E-state index contributed by atoms with van der Waals surface area (Å²) in [4.78, 5) is 4.42. The maximum Gasteiger partial charge on any atom is 0.387 e. The molecule has 7 nitrogen and oxygen atoms in total. The quantitative estimate of drug-likeness (QED) is 0.394. The van der Waals surface area contributed by atoms with Gasteiger partial charge in [-0.15, -0.1) is 5.10 Å². The van der Waals surface area contributed by atoms with Crippen molar-refractivity contribution in [3.63, 3.8) is 0 Å². The Kier molecular flexibility index (Phi) is 4.76. The number of aryl methyl sites for hydroxylation is 2. The van der Waals surface area contributed by atoms with Crippen LogP contribution in [-0.4, -0.2) is 36.1 Å². The fourth-order valence-electron chi connectivity index (χ4n) is 3.79. The molecular weight excluding hydrogens is 421 g/mol. The average molecular weight is 438 g/mol. The van der Waals surface area contributed by atoms with Crippen molar-refractivity contribution in [2.75, 3.05) is 0 Å². The first-order valence-electron chi connectivity index (χ1n) is 9.83. The molecule has 10 heteroatoms. The predicted molar refractivity (Wildman–Crippen MR) is 113 cm³/mol. The second-order valence-electron chi connectivity index (χ2n) is 7.24. The number of benzene rings is 2. The van der Waals surface area contributed by atoms with Crippen molar-refractivity contribution in [1.29, 1.82) is 0 Å². The normalized spacial score (nSPS) is 11.7. The van der Waals surface area contributed by atoms with E-state index in [9.17, 15) is 13.2 Å². The Morgan fingerprint density at radius 2 is 1.94 bits per heavy atom. The van der Waals surface area contributed by atoms with Gasteiger partial charge in [0, 0.05) is 47.9 Å². The summed E-state index contributed by atoms with van der Waals surface area (Å²) in [6, 6.07) is 7.43. The molecule has 0 N–H and O–H groups in total. The van der Waals surface area contributed by atoms with Crippen LogP contribution in [0.25, 0.3) is 44.3 Å². The number of ether oxygens (including phenoxy) is 1. The molecular formula is C22H17F3N6O.